The van der Waals surface area contributed by atoms with Gasteiger partial charge in [-0.2, -0.15) is 0 Å². The average molecular weight is 353 g/mol. The number of nitrogens with zero attached hydrogens (tertiary/aromatic N) is 2. The predicted octanol–water partition coefficient (Wildman–Crippen LogP) is 2.46. The Hall–Kier alpha value is -3.22. The number of fused-ring (bicyclic) bond motifs is 1. The maximum Gasteiger partial charge on any atom is 0.341 e. The second-order valence-corrected chi connectivity index (χ2v) is 5.72. The summed E-state index contributed by atoms with van der Waals surface area (Å²) in [6.45, 7) is 6.00. The van der Waals surface area contributed by atoms with E-state index in [1.165, 1.54) is 0 Å². The molecule has 0 spiro atoms. The van der Waals surface area contributed by atoms with Gasteiger partial charge < -0.3 is 14.3 Å². The molecule has 0 radical (unpaired) electrons. The SMILES string of the molecule is CCOC(=O)c1c(C(=O)c2ccccc2)c(=O)[nH]c2nc(C)n(CC)c12. The van der Waals surface area contributed by atoms with Crippen LogP contribution in [-0.2, 0) is 11.3 Å². The number of H-pyrrole nitrogens is 1. The van der Waals surface area contributed by atoms with Crippen LogP contribution in [0.4, 0.5) is 0 Å². The highest BCUT2D eigenvalue weighted by atomic mass is 16.5. The van der Waals surface area contributed by atoms with Gasteiger partial charge in [0.1, 0.15) is 22.5 Å². The second-order valence-electron chi connectivity index (χ2n) is 5.72. The van der Waals surface area contributed by atoms with E-state index in [0.717, 1.165) is 0 Å². The molecule has 1 N–H and O–H groups in total. The second kappa shape index (κ2) is 6.95. The Morgan fingerprint density at radius 2 is 1.85 bits per heavy atom. The fourth-order valence-electron chi connectivity index (χ4n) is 3.05. The molecule has 0 fully saturated rings. The van der Waals surface area contributed by atoms with Crippen molar-refractivity contribution >= 4 is 22.9 Å². The summed E-state index contributed by atoms with van der Waals surface area (Å²) < 4.78 is 6.92. The molecule has 134 valence electrons. The first-order valence-electron chi connectivity index (χ1n) is 8.39. The zero-order valence-corrected chi connectivity index (χ0v) is 14.8. The number of rotatable bonds is 5. The van der Waals surface area contributed by atoms with Gasteiger partial charge in [0.15, 0.2) is 11.4 Å². The normalized spacial score (nSPS) is 10.9. The van der Waals surface area contributed by atoms with Crippen LogP contribution in [0, 0.1) is 6.92 Å². The molecule has 3 aromatic rings. The number of aromatic amines is 1. The third-order valence-corrected chi connectivity index (χ3v) is 4.16. The minimum atomic E-state index is -0.711. The molecule has 0 bridgehead atoms. The van der Waals surface area contributed by atoms with Gasteiger partial charge in [0, 0.05) is 12.1 Å². The Balaban J connectivity index is 2.39. The lowest BCUT2D eigenvalue weighted by atomic mass is 9.99. The number of esters is 1. The molecule has 7 nitrogen and oxygen atoms in total. The molecule has 0 aliphatic carbocycles. The molecule has 3 rings (SSSR count). The summed E-state index contributed by atoms with van der Waals surface area (Å²) in [6.07, 6.45) is 0. The highest BCUT2D eigenvalue weighted by Gasteiger charge is 2.29. The first-order valence-corrected chi connectivity index (χ1v) is 8.39. The van der Waals surface area contributed by atoms with E-state index in [2.05, 4.69) is 9.97 Å². The largest absolute Gasteiger partial charge is 0.462 e. The number of ketones is 1. The number of carbonyl (C=O) groups is 2. The van der Waals surface area contributed by atoms with Crippen LogP contribution < -0.4 is 5.56 Å². The maximum absolute atomic E-state index is 13.0. The van der Waals surface area contributed by atoms with Crippen LogP contribution in [0.1, 0.15) is 46.0 Å². The molecular formula is C19H19N3O4. The monoisotopic (exact) mass is 353 g/mol. The summed E-state index contributed by atoms with van der Waals surface area (Å²) >= 11 is 0. The van der Waals surface area contributed by atoms with Gasteiger partial charge in [0.2, 0.25) is 0 Å². The minimum absolute atomic E-state index is 0.0399. The fourth-order valence-corrected chi connectivity index (χ4v) is 3.05. The van der Waals surface area contributed by atoms with Crippen LogP contribution in [0.3, 0.4) is 0 Å². The van der Waals surface area contributed by atoms with Crippen molar-refractivity contribution in [1.82, 2.24) is 14.5 Å². The summed E-state index contributed by atoms with van der Waals surface area (Å²) in [5.41, 5.74) is 0.0698. The topological polar surface area (TPSA) is 94.1 Å². The van der Waals surface area contributed by atoms with Crippen LogP contribution in [-0.4, -0.2) is 32.9 Å². The van der Waals surface area contributed by atoms with E-state index in [9.17, 15) is 14.4 Å². The molecule has 0 aliphatic rings. The summed E-state index contributed by atoms with van der Waals surface area (Å²) in [4.78, 5) is 45.3. The van der Waals surface area contributed by atoms with Crippen molar-refractivity contribution in [3.63, 3.8) is 0 Å². The number of aryl methyl sites for hydroxylation is 2. The molecule has 26 heavy (non-hydrogen) atoms. The number of imidazole rings is 1. The van der Waals surface area contributed by atoms with E-state index < -0.39 is 17.3 Å². The molecule has 2 heterocycles. The Bertz CT molecular complexity index is 1050. The standard InChI is InChI=1S/C19H19N3O4/c1-4-22-11(3)20-17-15(22)13(19(25)26-5-2)14(18(24)21-17)16(23)12-9-7-6-8-10-12/h6-10H,4-5H2,1-3H3,(H,21,24). The first kappa shape index (κ1) is 17.6. The van der Waals surface area contributed by atoms with Gasteiger partial charge in [-0.05, 0) is 20.8 Å². The molecule has 1 aromatic carbocycles. The Labute approximate surface area is 149 Å². The number of hydrogen-bond acceptors (Lipinski definition) is 5. The molecule has 0 unspecified atom stereocenters. The van der Waals surface area contributed by atoms with Gasteiger partial charge >= 0.3 is 5.97 Å². The Morgan fingerprint density at radius 3 is 2.46 bits per heavy atom. The molecular weight excluding hydrogens is 334 g/mol. The van der Waals surface area contributed by atoms with E-state index in [-0.39, 0.29) is 23.4 Å². The van der Waals surface area contributed by atoms with E-state index in [4.69, 9.17) is 4.74 Å². The Morgan fingerprint density at radius 1 is 1.15 bits per heavy atom. The molecule has 0 aliphatic heterocycles. The van der Waals surface area contributed by atoms with Gasteiger partial charge in [-0.1, -0.05) is 30.3 Å². The molecule has 2 aromatic heterocycles. The van der Waals surface area contributed by atoms with Crippen molar-refractivity contribution in [3.8, 4) is 0 Å². The van der Waals surface area contributed by atoms with Crippen molar-refractivity contribution < 1.29 is 14.3 Å². The van der Waals surface area contributed by atoms with Crippen molar-refractivity contribution in [1.29, 1.82) is 0 Å². The van der Waals surface area contributed by atoms with Crippen LogP contribution >= 0.6 is 0 Å². The van der Waals surface area contributed by atoms with E-state index in [1.807, 2.05) is 6.92 Å². The molecule has 7 heteroatoms. The third-order valence-electron chi connectivity index (χ3n) is 4.16. The van der Waals surface area contributed by atoms with E-state index in [0.29, 0.717) is 23.4 Å². The maximum atomic E-state index is 13.0. The summed E-state index contributed by atoms with van der Waals surface area (Å²) in [6, 6.07) is 8.37. The lowest BCUT2D eigenvalue weighted by Gasteiger charge is -2.11. The van der Waals surface area contributed by atoms with Crippen LogP contribution in [0.25, 0.3) is 11.2 Å². The Kier molecular flexibility index (Phi) is 4.71. The highest BCUT2D eigenvalue weighted by Crippen LogP contribution is 2.23. The smallest absolute Gasteiger partial charge is 0.341 e. The number of aromatic nitrogens is 3. The number of carbonyl (C=O) groups excluding carboxylic acids is 2. The van der Waals surface area contributed by atoms with Crippen LogP contribution in [0.15, 0.2) is 35.1 Å². The van der Waals surface area contributed by atoms with Gasteiger partial charge in [-0.3, -0.25) is 9.59 Å². The van der Waals surface area contributed by atoms with Gasteiger partial charge in [-0.15, -0.1) is 0 Å². The van der Waals surface area contributed by atoms with Crippen molar-refractivity contribution in [2.45, 2.75) is 27.3 Å². The van der Waals surface area contributed by atoms with Gasteiger partial charge in [-0.25, -0.2) is 9.78 Å². The van der Waals surface area contributed by atoms with E-state index >= 15 is 0 Å². The molecule has 0 atom stereocenters. The number of pyridine rings is 1. The zero-order valence-electron chi connectivity index (χ0n) is 14.8. The van der Waals surface area contributed by atoms with Crippen LogP contribution in [0.5, 0.6) is 0 Å². The third kappa shape index (κ3) is 2.81. The van der Waals surface area contributed by atoms with Crippen molar-refractivity contribution in [2.75, 3.05) is 6.61 Å². The van der Waals surface area contributed by atoms with Gasteiger partial charge in [0.25, 0.3) is 5.56 Å². The summed E-state index contributed by atoms with van der Waals surface area (Å²) in [5.74, 6) is -0.608. The number of hydrogen-bond donors (Lipinski definition) is 1. The number of nitrogens with one attached hydrogen (secondary N) is 1. The van der Waals surface area contributed by atoms with Crippen LogP contribution in [0.2, 0.25) is 0 Å². The molecule has 0 amide bonds. The lowest BCUT2D eigenvalue weighted by Crippen LogP contribution is -2.25. The predicted molar refractivity (Wildman–Crippen MR) is 96.6 cm³/mol. The lowest BCUT2D eigenvalue weighted by molar-refractivity contribution is 0.0525. The molecule has 0 saturated heterocycles. The quantitative estimate of drug-likeness (QED) is 0.562. The minimum Gasteiger partial charge on any atom is -0.462 e. The summed E-state index contributed by atoms with van der Waals surface area (Å²) in [7, 11) is 0. The highest BCUT2D eigenvalue weighted by molar-refractivity contribution is 6.17. The van der Waals surface area contributed by atoms with Gasteiger partial charge in [0.05, 0.1) is 6.61 Å². The summed E-state index contributed by atoms with van der Waals surface area (Å²) in [5, 5.41) is 0. The number of ether oxygens (including phenoxy) is 1. The fraction of sp³-hybridized carbons (Fsp3) is 0.263. The molecule has 0 saturated carbocycles. The number of benzene rings is 1. The van der Waals surface area contributed by atoms with E-state index in [1.54, 1.807) is 48.7 Å². The average Bonchev–Trinajstić information content (AvgIpc) is 2.95. The van der Waals surface area contributed by atoms with Crippen molar-refractivity contribution in [3.05, 3.63) is 63.2 Å². The first-order chi connectivity index (χ1) is 12.5. The van der Waals surface area contributed by atoms with Crippen molar-refractivity contribution in [2.24, 2.45) is 0 Å². The zero-order chi connectivity index (χ0) is 18.8.